The van der Waals surface area contributed by atoms with Crippen LogP contribution < -0.4 is 10.1 Å². The van der Waals surface area contributed by atoms with Gasteiger partial charge in [0.25, 0.3) is 0 Å². The second-order valence-electron chi connectivity index (χ2n) is 5.44. The molecule has 1 aliphatic rings. The van der Waals surface area contributed by atoms with Gasteiger partial charge in [-0.2, -0.15) is 0 Å². The highest BCUT2D eigenvalue weighted by molar-refractivity contribution is 9.11. The minimum atomic E-state index is 0.191. The smallest absolute Gasteiger partial charge is 0.148 e. The molecule has 0 bridgehead atoms. The lowest BCUT2D eigenvalue weighted by atomic mass is 10.1. The summed E-state index contributed by atoms with van der Waals surface area (Å²) in [6, 6.07) is 4.74. The number of rotatable bonds is 5. The summed E-state index contributed by atoms with van der Waals surface area (Å²) in [5.74, 6) is 0.898. The fourth-order valence-electron chi connectivity index (χ4n) is 2.18. The Hall–Kier alpha value is -0.320. The van der Waals surface area contributed by atoms with Crippen LogP contribution in [0.5, 0.6) is 5.75 Å². The molecule has 1 atom stereocenters. The van der Waals surface area contributed by atoms with Gasteiger partial charge in [0.15, 0.2) is 0 Å². The molecule has 1 unspecified atom stereocenters. The van der Waals surface area contributed by atoms with E-state index >= 15 is 0 Å². The van der Waals surface area contributed by atoms with Crippen LogP contribution in [0.4, 0.5) is 0 Å². The van der Waals surface area contributed by atoms with E-state index in [1.54, 1.807) is 0 Å². The monoisotopic (exact) mass is 401 g/mol. The van der Waals surface area contributed by atoms with Crippen LogP contribution in [-0.2, 0) is 6.54 Å². The van der Waals surface area contributed by atoms with Crippen molar-refractivity contribution in [2.75, 3.05) is 0 Å². The third-order valence-electron chi connectivity index (χ3n) is 3.25. The maximum Gasteiger partial charge on any atom is 0.148 e. The summed E-state index contributed by atoms with van der Waals surface area (Å²) in [4.78, 5) is 0. The summed E-state index contributed by atoms with van der Waals surface area (Å²) in [6.07, 6.45) is 8.02. The van der Waals surface area contributed by atoms with E-state index in [4.69, 9.17) is 4.74 Å². The molecule has 1 aromatic rings. The van der Waals surface area contributed by atoms with Crippen LogP contribution in [-0.4, -0.2) is 12.1 Å². The molecular formula is C16H21Br2NO. The highest BCUT2D eigenvalue weighted by Gasteiger charge is 2.15. The average Bonchev–Trinajstić information content (AvgIpc) is 2.42. The van der Waals surface area contributed by atoms with Crippen molar-refractivity contribution < 1.29 is 4.74 Å². The van der Waals surface area contributed by atoms with Crippen LogP contribution in [0, 0.1) is 0 Å². The molecule has 1 aromatic carbocycles. The van der Waals surface area contributed by atoms with Crippen molar-refractivity contribution >= 4 is 31.9 Å². The SMILES string of the molecule is CC(C)NCc1cc(Br)c(OC2C=CCCC2)c(Br)c1. The molecule has 110 valence electrons. The molecule has 0 heterocycles. The summed E-state index contributed by atoms with van der Waals surface area (Å²) in [5.41, 5.74) is 1.24. The van der Waals surface area contributed by atoms with Gasteiger partial charge in [0.2, 0.25) is 0 Å². The van der Waals surface area contributed by atoms with Gasteiger partial charge in [-0.1, -0.05) is 19.9 Å². The van der Waals surface area contributed by atoms with Gasteiger partial charge in [-0.05, 0) is 74.9 Å². The van der Waals surface area contributed by atoms with E-state index in [2.05, 4.69) is 75.3 Å². The lowest BCUT2D eigenvalue weighted by Gasteiger charge is -2.21. The lowest BCUT2D eigenvalue weighted by molar-refractivity contribution is 0.227. The Morgan fingerprint density at radius 3 is 2.55 bits per heavy atom. The van der Waals surface area contributed by atoms with E-state index in [0.717, 1.165) is 27.7 Å². The van der Waals surface area contributed by atoms with Gasteiger partial charge >= 0.3 is 0 Å². The van der Waals surface area contributed by atoms with Gasteiger partial charge in [-0.25, -0.2) is 0 Å². The van der Waals surface area contributed by atoms with Crippen LogP contribution in [0.3, 0.4) is 0 Å². The van der Waals surface area contributed by atoms with Gasteiger partial charge in [0.1, 0.15) is 11.9 Å². The van der Waals surface area contributed by atoms with Crippen molar-refractivity contribution in [2.45, 2.75) is 51.8 Å². The number of benzene rings is 1. The Morgan fingerprint density at radius 2 is 2.00 bits per heavy atom. The zero-order valence-corrected chi connectivity index (χ0v) is 15.1. The number of ether oxygens (including phenoxy) is 1. The minimum Gasteiger partial charge on any atom is -0.484 e. The predicted molar refractivity (Wildman–Crippen MR) is 91.2 cm³/mol. The molecule has 0 saturated carbocycles. The average molecular weight is 403 g/mol. The van der Waals surface area contributed by atoms with Gasteiger partial charge < -0.3 is 10.1 Å². The zero-order valence-electron chi connectivity index (χ0n) is 12.0. The van der Waals surface area contributed by atoms with E-state index in [-0.39, 0.29) is 6.10 Å². The summed E-state index contributed by atoms with van der Waals surface area (Å²) >= 11 is 7.25. The Balaban J connectivity index is 2.09. The van der Waals surface area contributed by atoms with E-state index in [1.165, 1.54) is 18.4 Å². The van der Waals surface area contributed by atoms with Crippen molar-refractivity contribution in [1.29, 1.82) is 0 Å². The fourth-order valence-corrected chi connectivity index (χ4v) is 3.65. The quantitative estimate of drug-likeness (QED) is 0.683. The topological polar surface area (TPSA) is 21.3 Å². The van der Waals surface area contributed by atoms with Gasteiger partial charge in [0, 0.05) is 12.6 Å². The van der Waals surface area contributed by atoms with Crippen molar-refractivity contribution in [1.82, 2.24) is 5.32 Å². The molecule has 20 heavy (non-hydrogen) atoms. The Labute approximate surface area is 138 Å². The molecule has 2 rings (SSSR count). The van der Waals surface area contributed by atoms with Crippen LogP contribution in [0.1, 0.15) is 38.7 Å². The summed E-state index contributed by atoms with van der Waals surface area (Å²) in [5, 5.41) is 3.42. The predicted octanol–water partition coefficient (Wildman–Crippen LogP) is 5.20. The molecule has 1 N–H and O–H groups in total. The zero-order chi connectivity index (χ0) is 14.5. The lowest BCUT2D eigenvalue weighted by Crippen LogP contribution is -2.22. The minimum absolute atomic E-state index is 0.191. The van der Waals surface area contributed by atoms with Crippen molar-refractivity contribution in [3.63, 3.8) is 0 Å². The van der Waals surface area contributed by atoms with E-state index < -0.39 is 0 Å². The third kappa shape index (κ3) is 4.61. The first-order valence-corrected chi connectivity index (χ1v) is 8.69. The second kappa shape index (κ2) is 7.62. The normalized spacial score (nSPS) is 18.6. The molecule has 0 aromatic heterocycles. The number of allylic oxidation sites excluding steroid dienone is 1. The molecule has 0 fully saturated rings. The Bertz CT molecular complexity index is 462. The van der Waals surface area contributed by atoms with Crippen molar-refractivity contribution in [2.24, 2.45) is 0 Å². The highest BCUT2D eigenvalue weighted by Crippen LogP contribution is 2.36. The molecule has 0 spiro atoms. The van der Waals surface area contributed by atoms with Crippen LogP contribution in [0.25, 0.3) is 0 Å². The fraction of sp³-hybridized carbons (Fsp3) is 0.500. The van der Waals surface area contributed by atoms with E-state index in [1.807, 2.05) is 0 Å². The molecule has 0 saturated heterocycles. The number of halogens is 2. The molecule has 4 heteroatoms. The first-order valence-electron chi connectivity index (χ1n) is 7.11. The molecule has 2 nitrogen and oxygen atoms in total. The maximum atomic E-state index is 6.10. The van der Waals surface area contributed by atoms with E-state index in [0.29, 0.717) is 6.04 Å². The van der Waals surface area contributed by atoms with Crippen LogP contribution in [0.2, 0.25) is 0 Å². The molecule has 0 aliphatic heterocycles. The summed E-state index contributed by atoms with van der Waals surface area (Å²) < 4.78 is 8.11. The van der Waals surface area contributed by atoms with Crippen molar-refractivity contribution in [3.8, 4) is 5.75 Å². The standard InChI is InChI=1S/C16H21Br2NO/c1-11(2)19-10-12-8-14(17)16(15(18)9-12)20-13-6-4-3-5-7-13/h4,6,8-9,11,13,19H,3,5,7,10H2,1-2H3. The van der Waals surface area contributed by atoms with Gasteiger partial charge in [-0.15, -0.1) is 0 Å². The summed E-state index contributed by atoms with van der Waals surface area (Å²) in [7, 11) is 0. The molecule has 1 aliphatic carbocycles. The van der Waals surface area contributed by atoms with Crippen molar-refractivity contribution in [3.05, 3.63) is 38.8 Å². The number of hydrogen-bond acceptors (Lipinski definition) is 2. The van der Waals surface area contributed by atoms with Crippen LogP contribution >= 0.6 is 31.9 Å². The van der Waals surface area contributed by atoms with Gasteiger partial charge in [-0.3, -0.25) is 0 Å². The largest absolute Gasteiger partial charge is 0.484 e. The highest BCUT2D eigenvalue weighted by atomic mass is 79.9. The number of nitrogens with one attached hydrogen (secondary N) is 1. The molecule has 0 radical (unpaired) electrons. The van der Waals surface area contributed by atoms with Crippen LogP contribution in [0.15, 0.2) is 33.2 Å². The number of hydrogen-bond donors (Lipinski definition) is 1. The second-order valence-corrected chi connectivity index (χ2v) is 7.15. The van der Waals surface area contributed by atoms with Gasteiger partial charge in [0.05, 0.1) is 8.95 Å². The summed E-state index contributed by atoms with van der Waals surface area (Å²) in [6.45, 7) is 5.16. The van der Waals surface area contributed by atoms with E-state index in [9.17, 15) is 0 Å². The Morgan fingerprint density at radius 1 is 1.30 bits per heavy atom. The molecule has 0 amide bonds. The first kappa shape index (κ1) is 16.1. The molecular weight excluding hydrogens is 382 g/mol. The third-order valence-corrected chi connectivity index (χ3v) is 4.43. The maximum absolute atomic E-state index is 6.10. The first-order chi connectivity index (χ1) is 9.56. The Kier molecular flexibility index (Phi) is 6.12.